The van der Waals surface area contributed by atoms with Gasteiger partial charge in [0, 0.05) is 0 Å². The number of carbonyl (C=O) groups is 1. The Morgan fingerprint density at radius 1 is 1.18 bits per heavy atom. The summed E-state index contributed by atoms with van der Waals surface area (Å²) in [6.45, 7) is 2.20. The Kier molecular flexibility index (Phi) is 8.43. The predicted octanol–water partition coefficient (Wildman–Crippen LogP) is 1.39. The van der Waals surface area contributed by atoms with E-state index in [0.717, 1.165) is 25.7 Å². The molecule has 0 aromatic heterocycles. The third-order valence-corrected chi connectivity index (χ3v) is 3.12. The van der Waals surface area contributed by atoms with Crippen LogP contribution < -0.4 is 0 Å². The molecular formula is C10H21O6P. The van der Waals surface area contributed by atoms with Crippen LogP contribution in [0.5, 0.6) is 0 Å². The number of unbranched alkanes of at least 4 members (excludes halogenated alkanes) is 5. The highest BCUT2D eigenvalue weighted by Gasteiger charge is 2.34. The molecular weight excluding hydrogens is 247 g/mol. The summed E-state index contributed by atoms with van der Waals surface area (Å²) in [7, 11) is -4.80. The first-order valence-corrected chi connectivity index (χ1v) is 7.47. The molecule has 1 unspecified atom stereocenters. The first-order valence-electron chi connectivity index (χ1n) is 5.79. The van der Waals surface area contributed by atoms with Gasteiger partial charge in [0.05, 0.1) is 6.61 Å². The first-order chi connectivity index (χ1) is 7.89. The minimum Gasteiger partial charge on any atom is -0.463 e. The Hall–Kier alpha value is -0.420. The van der Waals surface area contributed by atoms with E-state index in [9.17, 15) is 9.36 Å². The lowest BCUT2D eigenvalue weighted by atomic mass is 10.1. The number of esters is 1. The topological polar surface area (TPSA) is 104 Å². The number of aliphatic hydroxyl groups is 1. The number of ether oxygens (including phenoxy) is 1. The second-order valence-electron chi connectivity index (χ2n) is 3.90. The molecule has 17 heavy (non-hydrogen) atoms. The highest BCUT2D eigenvalue weighted by atomic mass is 31.2. The van der Waals surface area contributed by atoms with E-state index >= 15 is 0 Å². The molecule has 0 bridgehead atoms. The average Bonchev–Trinajstić information content (AvgIpc) is 2.25. The van der Waals surface area contributed by atoms with Crippen molar-refractivity contribution in [3.05, 3.63) is 0 Å². The Labute approximate surface area is 101 Å². The van der Waals surface area contributed by atoms with E-state index in [4.69, 9.17) is 14.9 Å². The third-order valence-electron chi connectivity index (χ3n) is 2.27. The van der Waals surface area contributed by atoms with Crippen molar-refractivity contribution >= 4 is 13.6 Å². The number of carbonyl (C=O) groups excluding carboxylic acids is 1. The van der Waals surface area contributed by atoms with Crippen LogP contribution in [0, 0.1) is 0 Å². The fourth-order valence-corrected chi connectivity index (χ4v) is 1.62. The van der Waals surface area contributed by atoms with Crippen LogP contribution in [0.25, 0.3) is 0 Å². The van der Waals surface area contributed by atoms with Gasteiger partial charge in [0.15, 0.2) is 0 Å². The molecule has 0 aliphatic carbocycles. The lowest BCUT2D eigenvalue weighted by molar-refractivity contribution is -0.150. The van der Waals surface area contributed by atoms with Crippen molar-refractivity contribution in [3.8, 4) is 0 Å². The lowest BCUT2D eigenvalue weighted by Crippen LogP contribution is -2.23. The molecule has 0 aromatic carbocycles. The van der Waals surface area contributed by atoms with Crippen molar-refractivity contribution in [2.24, 2.45) is 0 Å². The lowest BCUT2D eigenvalue weighted by Gasteiger charge is -2.11. The van der Waals surface area contributed by atoms with Crippen molar-refractivity contribution < 1.29 is 29.0 Å². The van der Waals surface area contributed by atoms with Crippen molar-refractivity contribution in [1.82, 2.24) is 0 Å². The van der Waals surface area contributed by atoms with Crippen LogP contribution in [0.15, 0.2) is 0 Å². The second kappa shape index (κ2) is 8.64. The molecule has 0 aliphatic rings. The normalized spacial score (nSPS) is 13.4. The zero-order valence-corrected chi connectivity index (χ0v) is 10.9. The number of hydrogen-bond acceptors (Lipinski definition) is 4. The van der Waals surface area contributed by atoms with Crippen molar-refractivity contribution in [1.29, 1.82) is 0 Å². The van der Waals surface area contributed by atoms with Gasteiger partial charge in [-0.1, -0.05) is 39.0 Å². The largest absolute Gasteiger partial charge is 0.463 e. The van der Waals surface area contributed by atoms with E-state index in [-0.39, 0.29) is 6.61 Å². The average molecular weight is 268 g/mol. The minimum atomic E-state index is -4.80. The molecule has 1 atom stereocenters. The molecule has 0 radical (unpaired) electrons. The van der Waals surface area contributed by atoms with Gasteiger partial charge < -0.3 is 19.6 Å². The smallest absolute Gasteiger partial charge is 0.365 e. The SMILES string of the molecule is CCCCCCCCOC(=O)C(O)P(=O)(O)O. The summed E-state index contributed by atoms with van der Waals surface area (Å²) >= 11 is 0. The fourth-order valence-electron chi connectivity index (χ4n) is 1.27. The van der Waals surface area contributed by atoms with Gasteiger partial charge in [0.2, 0.25) is 0 Å². The quantitative estimate of drug-likeness (QED) is 0.331. The van der Waals surface area contributed by atoms with E-state index in [2.05, 4.69) is 11.7 Å². The molecule has 7 heteroatoms. The molecule has 3 N–H and O–H groups in total. The van der Waals surface area contributed by atoms with Crippen LogP contribution in [0.1, 0.15) is 45.4 Å². The van der Waals surface area contributed by atoms with Crippen LogP contribution in [-0.2, 0) is 14.1 Å². The van der Waals surface area contributed by atoms with E-state index in [1.165, 1.54) is 6.42 Å². The van der Waals surface area contributed by atoms with Crippen molar-refractivity contribution in [2.45, 2.75) is 51.3 Å². The number of hydrogen-bond donors (Lipinski definition) is 3. The Balaban J connectivity index is 3.55. The second-order valence-corrected chi connectivity index (χ2v) is 5.57. The molecule has 0 spiro atoms. The Morgan fingerprint density at radius 2 is 1.71 bits per heavy atom. The van der Waals surface area contributed by atoms with Gasteiger partial charge in [0.25, 0.3) is 5.85 Å². The summed E-state index contributed by atoms with van der Waals surface area (Å²) < 4.78 is 15.1. The van der Waals surface area contributed by atoms with Gasteiger partial charge in [0.1, 0.15) is 0 Å². The fraction of sp³-hybridized carbons (Fsp3) is 0.900. The minimum absolute atomic E-state index is 0.0853. The van der Waals surface area contributed by atoms with Crippen molar-refractivity contribution in [2.75, 3.05) is 6.61 Å². The number of rotatable bonds is 9. The van der Waals surface area contributed by atoms with Gasteiger partial charge in [-0.25, -0.2) is 4.79 Å². The molecule has 0 saturated carbocycles. The summed E-state index contributed by atoms with van der Waals surface area (Å²) in [5, 5.41) is 8.89. The van der Waals surface area contributed by atoms with E-state index < -0.39 is 19.4 Å². The molecule has 102 valence electrons. The van der Waals surface area contributed by atoms with Crippen LogP contribution in [-0.4, -0.2) is 33.3 Å². The van der Waals surface area contributed by atoms with E-state index in [1.54, 1.807) is 0 Å². The van der Waals surface area contributed by atoms with Crippen LogP contribution in [0.3, 0.4) is 0 Å². The molecule has 0 aliphatic heterocycles. The third kappa shape index (κ3) is 8.32. The number of aliphatic hydroxyl groups excluding tert-OH is 1. The van der Waals surface area contributed by atoms with Crippen molar-refractivity contribution in [3.63, 3.8) is 0 Å². The summed E-state index contributed by atoms with van der Waals surface area (Å²) in [5.41, 5.74) is 0. The maximum atomic E-state index is 11.0. The summed E-state index contributed by atoms with van der Waals surface area (Å²) in [4.78, 5) is 28.0. The van der Waals surface area contributed by atoms with Gasteiger partial charge in [-0.2, -0.15) is 0 Å². The zero-order valence-electron chi connectivity index (χ0n) is 10.0. The van der Waals surface area contributed by atoms with E-state index in [1.807, 2.05) is 0 Å². The molecule has 0 fully saturated rings. The maximum absolute atomic E-state index is 11.0. The summed E-state index contributed by atoms with van der Waals surface area (Å²) in [5.74, 6) is -3.62. The monoisotopic (exact) mass is 268 g/mol. The molecule has 0 saturated heterocycles. The van der Waals surface area contributed by atoms with E-state index in [0.29, 0.717) is 6.42 Å². The van der Waals surface area contributed by atoms with Gasteiger partial charge >= 0.3 is 13.6 Å². The predicted molar refractivity (Wildman–Crippen MR) is 62.4 cm³/mol. The van der Waals surface area contributed by atoms with Crippen LogP contribution in [0.4, 0.5) is 0 Å². The molecule has 0 rings (SSSR count). The van der Waals surface area contributed by atoms with Gasteiger partial charge in [-0.3, -0.25) is 4.57 Å². The van der Waals surface area contributed by atoms with Gasteiger partial charge in [-0.15, -0.1) is 0 Å². The highest BCUT2D eigenvalue weighted by molar-refractivity contribution is 7.53. The Morgan fingerprint density at radius 3 is 2.24 bits per heavy atom. The Bertz CT molecular complexity index is 262. The van der Waals surface area contributed by atoms with Crippen LogP contribution >= 0.6 is 7.60 Å². The van der Waals surface area contributed by atoms with Crippen LogP contribution in [0.2, 0.25) is 0 Å². The molecule has 0 heterocycles. The summed E-state index contributed by atoms with van der Waals surface area (Å²) in [6, 6.07) is 0. The highest BCUT2D eigenvalue weighted by Crippen LogP contribution is 2.39. The standard InChI is InChI=1S/C10H21O6P/c1-2-3-4-5-6-7-8-16-9(11)10(12)17(13,14)15/h10,12H,2-8H2,1H3,(H2,13,14,15). The first kappa shape index (κ1) is 16.6. The maximum Gasteiger partial charge on any atom is 0.365 e. The molecule has 0 amide bonds. The molecule has 6 nitrogen and oxygen atoms in total. The zero-order chi connectivity index (χ0) is 13.3. The molecule has 0 aromatic rings. The van der Waals surface area contributed by atoms with Gasteiger partial charge in [-0.05, 0) is 6.42 Å². The summed E-state index contributed by atoms with van der Waals surface area (Å²) in [6.07, 6.45) is 6.06.